The minimum Gasteiger partial charge on any atom is -0.464 e. The van der Waals surface area contributed by atoms with E-state index in [0.29, 0.717) is 12.1 Å². The first kappa shape index (κ1) is 26.5. The number of amides is 2. The summed E-state index contributed by atoms with van der Waals surface area (Å²) in [5, 5.41) is 2.95. The van der Waals surface area contributed by atoms with Gasteiger partial charge < -0.3 is 14.6 Å². The average molecular weight is 510 g/mol. The van der Waals surface area contributed by atoms with Gasteiger partial charge >= 0.3 is 0 Å². The molecule has 1 aliphatic rings. The summed E-state index contributed by atoms with van der Waals surface area (Å²) in [4.78, 5) is 29.9. The normalized spacial score (nSPS) is 18.3. The molecule has 0 aliphatic carbocycles. The van der Waals surface area contributed by atoms with Crippen LogP contribution in [0, 0.1) is 24.5 Å². The number of nitrogens with zero attached hydrogens (tertiary/aromatic N) is 2. The molecule has 0 bridgehead atoms. The third-order valence-electron chi connectivity index (χ3n) is 6.80. The topological polar surface area (TPSA) is 65.8 Å². The summed E-state index contributed by atoms with van der Waals surface area (Å²) in [6.45, 7) is 7.95. The van der Waals surface area contributed by atoms with Crippen LogP contribution in [0.25, 0.3) is 11.3 Å². The van der Waals surface area contributed by atoms with Gasteiger partial charge in [0.2, 0.25) is 11.8 Å². The van der Waals surface area contributed by atoms with Gasteiger partial charge in [-0.1, -0.05) is 44.2 Å². The van der Waals surface area contributed by atoms with Gasteiger partial charge in [-0.05, 0) is 43.2 Å². The number of furan rings is 1. The van der Waals surface area contributed by atoms with Crippen LogP contribution in [0.1, 0.15) is 37.5 Å². The van der Waals surface area contributed by atoms with Gasteiger partial charge in [0, 0.05) is 49.3 Å². The molecular weight excluding hydrogens is 476 g/mol. The highest BCUT2D eigenvalue weighted by Gasteiger charge is 2.40. The van der Waals surface area contributed by atoms with Gasteiger partial charge in [0.15, 0.2) is 0 Å². The van der Waals surface area contributed by atoms with Crippen molar-refractivity contribution in [3.05, 3.63) is 83.1 Å². The third-order valence-corrected chi connectivity index (χ3v) is 6.80. The summed E-state index contributed by atoms with van der Waals surface area (Å²) in [5.41, 5.74) is 2.17. The first-order valence-electron chi connectivity index (χ1n) is 12.5. The molecule has 4 rings (SSSR count). The molecule has 3 aromatic rings. The zero-order chi connectivity index (χ0) is 26.7. The molecule has 2 aromatic carbocycles. The maximum atomic E-state index is 14.7. The van der Waals surface area contributed by atoms with E-state index in [0.717, 1.165) is 16.9 Å². The number of carbonyl (C=O) groups excluding carboxylic acids is 2. The second kappa shape index (κ2) is 11.3. The van der Waals surface area contributed by atoms with Crippen molar-refractivity contribution in [1.82, 2.24) is 15.1 Å². The van der Waals surface area contributed by atoms with Gasteiger partial charge in [0.1, 0.15) is 23.4 Å². The van der Waals surface area contributed by atoms with Crippen molar-refractivity contribution in [2.45, 2.75) is 52.9 Å². The van der Waals surface area contributed by atoms with Crippen LogP contribution in [0.15, 0.2) is 59.2 Å². The van der Waals surface area contributed by atoms with Crippen LogP contribution in [0.2, 0.25) is 0 Å². The maximum Gasteiger partial charge on any atom is 0.244 e. The van der Waals surface area contributed by atoms with Crippen molar-refractivity contribution < 1.29 is 22.8 Å². The lowest BCUT2D eigenvalue weighted by molar-refractivity contribution is -0.150. The van der Waals surface area contributed by atoms with Crippen molar-refractivity contribution in [3.63, 3.8) is 0 Å². The lowest BCUT2D eigenvalue weighted by atomic mass is 10.0. The van der Waals surface area contributed by atoms with E-state index >= 15 is 0 Å². The second-order valence-electron chi connectivity index (χ2n) is 10.0. The Morgan fingerprint density at radius 2 is 1.81 bits per heavy atom. The fourth-order valence-electron chi connectivity index (χ4n) is 4.80. The van der Waals surface area contributed by atoms with Crippen LogP contribution in [0.4, 0.5) is 8.78 Å². The lowest BCUT2D eigenvalue weighted by Gasteiger charge is -2.45. The molecule has 1 N–H and O–H groups in total. The number of halogens is 2. The largest absolute Gasteiger partial charge is 0.464 e. The van der Waals surface area contributed by atoms with Gasteiger partial charge in [-0.2, -0.15) is 0 Å². The van der Waals surface area contributed by atoms with Gasteiger partial charge in [-0.3, -0.25) is 14.5 Å². The molecule has 1 aromatic heterocycles. The van der Waals surface area contributed by atoms with E-state index in [1.807, 2.05) is 48.2 Å². The zero-order valence-electron chi connectivity index (χ0n) is 21.6. The summed E-state index contributed by atoms with van der Waals surface area (Å²) < 4.78 is 34.6. The molecule has 0 spiro atoms. The molecule has 196 valence electrons. The van der Waals surface area contributed by atoms with Gasteiger partial charge in [-0.25, -0.2) is 8.78 Å². The van der Waals surface area contributed by atoms with Crippen LogP contribution < -0.4 is 5.32 Å². The SMILES string of the molecule is Cc1ccc(F)c(CN2CC(C)N(C(=O)C(C)C)C(C(=O)NCc3ccc(-c4ccco4)cc3)C2)c1F. The number of hydrogen-bond donors (Lipinski definition) is 1. The Hall–Kier alpha value is -3.52. The number of aryl methyl sites for hydroxylation is 1. The minimum absolute atomic E-state index is 0.0193. The molecule has 0 radical (unpaired) electrons. The number of nitrogens with one attached hydrogen (secondary N) is 1. The van der Waals surface area contributed by atoms with Gasteiger partial charge in [0.25, 0.3) is 0 Å². The van der Waals surface area contributed by atoms with E-state index in [2.05, 4.69) is 5.32 Å². The first-order valence-corrected chi connectivity index (χ1v) is 12.5. The standard InChI is InChI=1S/C29H33F2N3O3/c1-18(2)29(36)34-20(4)15-33(16-23-24(30)12-7-19(3)27(23)31)17-25(34)28(35)32-14-21-8-10-22(11-9-21)26-6-5-13-37-26/h5-13,18,20,25H,14-17H2,1-4H3,(H,32,35). The predicted octanol–water partition coefficient (Wildman–Crippen LogP) is 4.91. The van der Waals surface area contributed by atoms with Crippen LogP contribution in [-0.4, -0.2) is 46.8 Å². The van der Waals surface area contributed by atoms with Crippen molar-refractivity contribution in [2.75, 3.05) is 13.1 Å². The van der Waals surface area contributed by atoms with Crippen molar-refractivity contribution >= 4 is 11.8 Å². The molecule has 2 heterocycles. The zero-order valence-corrected chi connectivity index (χ0v) is 21.6. The van der Waals surface area contributed by atoms with E-state index in [4.69, 9.17) is 4.42 Å². The van der Waals surface area contributed by atoms with E-state index in [1.54, 1.807) is 31.9 Å². The highest BCUT2D eigenvalue weighted by atomic mass is 19.1. The molecular formula is C29H33F2N3O3. The fraction of sp³-hybridized carbons (Fsp3) is 0.379. The van der Waals surface area contributed by atoms with Crippen molar-refractivity contribution in [1.29, 1.82) is 0 Å². The quantitative estimate of drug-likeness (QED) is 0.492. The predicted molar refractivity (Wildman–Crippen MR) is 137 cm³/mol. The molecule has 2 unspecified atom stereocenters. The number of rotatable bonds is 7. The summed E-state index contributed by atoms with van der Waals surface area (Å²) >= 11 is 0. The Kier molecular flexibility index (Phi) is 8.07. The van der Waals surface area contributed by atoms with E-state index < -0.39 is 17.7 Å². The Bertz CT molecular complexity index is 1240. The Morgan fingerprint density at radius 1 is 1.08 bits per heavy atom. The van der Waals surface area contributed by atoms with E-state index in [1.165, 1.54) is 12.1 Å². The number of hydrogen-bond acceptors (Lipinski definition) is 4. The number of carbonyl (C=O) groups is 2. The van der Waals surface area contributed by atoms with Crippen LogP contribution in [0.5, 0.6) is 0 Å². The fourth-order valence-corrected chi connectivity index (χ4v) is 4.80. The molecule has 1 saturated heterocycles. The molecule has 6 nitrogen and oxygen atoms in total. The summed E-state index contributed by atoms with van der Waals surface area (Å²) in [7, 11) is 0. The van der Waals surface area contributed by atoms with Crippen molar-refractivity contribution in [2.24, 2.45) is 5.92 Å². The number of piperazine rings is 1. The average Bonchev–Trinajstić information content (AvgIpc) is 3.42. The number of benzene rings is 2. The summed E-state index contributed by atoms with van der Waals surface area (Å²) in [5.74, 6) is -1.14. The minimum atomic E-state index is -0.781. The molecule has 0 saturated carbocycles. The van der Waals surface area contributed by atoms with Crippen molar-refractivity contribution in [3.8, 4) is 11.3 Å². The third kappa shape index (κ3) is 5.91. The second-order valence-corrected chi connectivity index (χ2v) is 10.0. The van der Waals surface area contributed by atoms with Gasteiger partial charge in [0.05, 0.1) is 6.26 Å². The maximum absolute atomic E-state index is 14.7. The highest BCUT2D eigenvalue weighted by Crippen LogP contribution is 2.24. The summed E-state index contributed by atoms with van der Waals surface area (Å²) in [6.07, 6.45) is 1.61. The molecule has 1 fully saturated rings. The molecule has 8 heteroatoms. The van der Waals surface area contributed by atoms with Crippen LogP contribution in [-0.2, 0) is 22.7 Å². The Morgan fingerprint density at radius 3 is 2.46 bits per heavy atom. The molecule has 37 heavy (non-hydrogen) atoms. The summed E-state index contributed by atoms with van der Waals surface area (Å²) in [6, 6.07) is 13.0. The molecule has 2 atom stereocenters. The van der Waals surface area contributed by atoms with Gasteiger partial charge in [-0.15, -0.1) is 0 Å². The highest BCUT2D eigenvalue weighted by molar-refractivity contribution is 5.89. The first-order chi connectivity index (χ1) is 17.7. The smallest absolute Gasteiger partial charge is 0.244 e. The molecule has 2 amide bonds. The van der Waals surface area contributed by atoms with E-state index in [-0.39, 0.29) is 49.0 Å². The van der Waals surface area contributed by atoms with Crippen LogP contribution >= 0.6 is 0 Å². The van der Waals surface area contributed by atoms with Crippen LogP contribution in [0.3, 0.4) is 0 Å². The Labute approximate surface area is 216 Å². The molecule has 1 aliphatic heterocycles. The Balaban J connectivity index is 1.50. The lowest BCUT2D eigenvalue weighted by Crippen LogP contribution is -2.64. The monoisotopic (exact) mass is 509 g/mol. The van der Waals surface area contributed by atoms with E-state index in [9.17, 15) is 18.4 Å².